The molecule has 6 nitrogen and oxygen atoms in total. The first kappa shape index (κ1) is 24.0. The van der Waals surface area contributed by atoms with E-state index < -0.39 is 38.6 Å². The fraction of sp³-hybridized carbons (Fsp3) is 0.278. The van der Waals surface area contributed by atoms with Gasteiger partial charge in [0.25, 0.3) is 10.0 Å². The number of benzene rings is 2. The molecule has 2 rings (SSSR count). The van der Waals surface area contributed by atoms with Crippen LogP contribution in [0.1, 0.15) is 13.3 Å². The first-order valence-electron chi connectivity index (χ1n) is 8.34. The van der Waals surface area contributed by atoms with Gasteiger partial charge in [-0.3, -0.25) is 13.3 Å². The summed E-state index contributed by atoms with van der Waals surface area (Å²) in [6.07, 6.45) is 0.148. The lowest BCUT2D eigenvalue weighted by atomic mass is 10.2. The Bertz CT molecular complexity index is 1010. The molecule has 1 N–H and O–H groups in total. The fourth-order valence-corrected chi connectivity index (χ4v) is 5.88. The highest BCUT2D eigenvalue weighted by molar-refractivity contribution is 7.93. The second-order valence-corrected chi connectivity index (χ2v) is 10.8. The van der Waals surface area contributed by atoms with E-state index >= 15 is 0 Å². The fourth-order valence-electron chi connectivity index (χ4n) is 2.61. The largest absolute Gasteiger partial charge is 0.481 e. The predicted molar refractivity (Wildman–Crippen MR) is 117 cm³/mol. The number of rotatable bonds is 9. The summed E-state index contributed by atoms with van der Waals surface area (Å²) < 4.78 is 39.8. The maximum absolute atomic E-state index is 13.4. The van der Waals surface area contributed by atoms with Gasteiger partial charge in [0.15, 0.2) is 0 Å². The van der Waals surface area contributed by atoms with Crippen molar-refractivity contribution in [1.29, 1.82) is 0 Å². The van der Waals surface area contributed by atoms with Crippen LogP contribution in [0.15, 0.2) is 47.4 Å². The van der Waals surface area contributed by atoms with Crippen LogP contribution in [-0.4, -0.2) is 41.3 Å². The molecule has 0 radical (unpaired) electrons. The lowest BCUT2D eigenvalue weighted by molar-refractivity contribution is -0.133. The van der Waals surface area contributed by atoms with E-state index in [1.54, 1.807) is 6.92 Å². The molecule has 0 amide bonds. The van der Waals surface area contributed by atoms with Crippen LogP contribution < -0.4 is 4.31 Å². The van der Waals surface area contributed by atoms with Crippen molar-refractivity contribution in [3.05, 3.63) is 57.5 Å². The smallest absolute Gasteiger partial charge is 0.316 e. The van der Waals surface area contributed by atoms with Crippen LogP contribution in [-0.2, 0) is 25.6 Å². The molecule has 0 aliphatic rings. The zero-order valence-corrected chi connectivity index (χ0v) is 19.1. The zero-order chi connectivity index (χ0) is 21.8. The number of anilines is 1. The summed E-state index contributed by atoms with van der Waals surface area (Å²) in [7, 11) is -5.69. The van der Waals surface area contributed by atoms with E-state index in [4.69, 9.17) is 39.9 Å². The average Bonchev–Trinajstić information content (AvgIpc) is 2.62. The van der Waals surface area contributed by atoms with Crippen molar-refractivity contribution in [3.8, 4) is 0 Å². The Balaban J connectivity index is 2.45. The Labute approximate surface area is 186 Å². The minimum Gasteiger partial charge on any atom is -0.481 e. The Morgan fingerprint density at radius 1 is 1.10 bits per heavy atom. The summed E-state index contributed by atoms with van der Waals surface area (Å²) in [5.41, 5.74) is 0.172. The highest BCUT2D eigenvalue weighted by Gasteiger charge is 2.31. The quantitative estimate of drug-likeness (QED) is 0.551. The number of hydrogen-bond acceptors (Lipinski definition) is 4. The minimum atomic E-state index is -4.06. The van der Waals surface area contributed by atoms with E-state index in [2.05, 4.69) is 0 Å². The Morgan fingerprint density at radius 3 is 2.28 bits per heavy atom. The molecule has 0 heterocycles. The molecule has 11 heteroatoms. The van der Waals surface area contributed by atoms with Gasteiger partial charge < -0.3 is 5.11 Å². The third kappa shape index (κ3) is 6.33. The van der Waals surface area contributed by atoms with Gasteiger partial charge in [-0.15, -0.1) is 0 Å². The van der Waals surface area contributed by atoms with Crippen molar-refractivity contribution in [2.75, 3.05) is 15.8 Å². The molecule has 158 valence electrons. The van der Waals surface area contributed by atoms with Crippen molar-refractivity contribution in [1.82, 2.24) is 0 Å². The number of carboxylic acids is 1. The lowest BCUT2D eigenvalue weighted by Crippen LogP contribution is -2.40. The first-order valence-corrected chi connectivity index (χ1v) is 12.4. The average molecular weight is 499 g/mol. The van der Waals surface area contributed by atoms with E-state index in [1.807, 2.05) is 0 Å². The normalized spacial score (nSPS) is 13.7. The van der Waals surface area contributed by atoms with Crippen molar-refractivity contribution >= 4 is 67.3 Å². The number of carboxylic acid groups (broad SMARTS) is 1. The van der Waals surface area contributed by atoms with Crippen LogP contribution >= 0.6 is 34.8 Å². The summed E-state index contributed by atoms with van der Waals surface area (Å²) in [5.74, 6) is -1.67. The van der Waals surface area contributed by atoms with E-state index in [0.29, 0.717) is 10.0 Å². The van der Waals surface area contributed by atoms with Gasteiger partial charge in [-0.05, 0) is 55.8 Å². The minimum absolute atomic E-state index is 0.00329. The van der Waals surface area contributed by atoms with Gasteiger partial charge >= 0.3 is 5.97 Å². The molecular weight excluding hydrogens is 481 g/mol. The van der Waals surface area contributed by atoms with E-state index in [0.717, 1.165) is 4.31 Å². The van der Waals surface area contributed by atoms with E-state index in [9.17, 15) is 17.4 Å². The molecule has 0 aliphatic heterocycles. The molecule has 29 heavy (non-hydrogen) atoms. The van der Waals surface area contributed by atoms with Gasteiger partial charge in [-0.2, -0.15) is 0 Å². The number of nitrogens with zero attached hydrogens (tertiary/aromatic N) is 1. The molecule has 2 aromatic rings. The number of aliphatic carboxylic acids is 1. The molecule has 0 spiro atoms. The van der Waals surface area contributed by atoms with E-state index in [-0.39, 0.29) is 27.8 Å². The van der Waals surface area contributed by atoms with E-state index in [1.165, 1.54) is 42.5 Å². The molecule has 2 aromatic carbocycles. The Morgan fingerprint density at radius 2 is 1.69 bits per heavy atom. The molecule has 0 aliphatic carbocycles. The molecule has 0 bridgehead atoms. The summed E-state index contributed by atoms with van der Waals surface area (Å²) in [6, 6.07) is 9.44. The molecule has 0 saturated heterocycles. The highest BCUT2D eigenvalue weighted by Crippen LogP contribution is 2.35. The van der Waals surface area contributed by atoms with Crippen LogP contribution in [0.2, 0.25) is 15.1 Å². The first-order chi connectivity index (χ1) is 13.5. The summed E-state index contributed by atoms with van der Waals surface area (Å²) in [4.78, 5) is 10.7. The third-order valence-corrected chi connectivity index (χ3v) is 7.97. The Kier molecular flexibility index (Phi) is 8.37. The summed E-state index contributed by atoms with van der Waals surface area (Å²) in [6.45, 7) is 1.63. The summed E-state index contributed by atoms with van der Waals surface area (Å²) in [5, 5.41) is 9.61. The van der Waals surface area contributed by atoms with Crippen molar-refractivity contribution < 1.29 is 22.5 Å². The van der Waals surface area contributed by atoms with Crippen LogP contribution in [0.4, 0.5) is 5.69 Å². The summed E-state index contributed by atoms with van der Waals surface area (Å²) >= 11 is 18.2. The Hall–Kier alpha value is -1.32. The highest BCUT2D eigenvalue weighted by atomic mass is 35.5. The standard InChI is InChI=1S/C18H18Cl3NO5S2/c1-12(8-9-28(25)11-18(23)24)22(17-10-14(20)4-7-16(17)21)29(26,27)15-5-2-13(19)3-6-15/h2-7,10,12H,8-9,11H2,1H3,(H,23,24)/t12-,28?/m1/s1. The van der Waals surface area contributed by atoms with Crippen LogP contribution in [0.25, 0.3) is 0 Å². The molecule has 0 saturated carbocycles. The second-order valence-electron chi connectivity index (χ2n) is 6.17. The van der Waals surface area contributed by atoms with Gasteiger partial charge in [0, 0.05) is 32.6 Å². The molecule has 1 unspecified atom stereocenters. The van der Waals surface area contributed by atoms with Gasteiger partial charge in [0.05, 0.1) is 15.6 Å². The third-order valence-electron chi connectivity index (χ3n) is 3.96. The van der Waals surface area contributed by atoms with Gasteiger partial charge in [0.2, 0.25) is 0 Å². The molecule has 0 fully saturated rings. The maximum atomic E-state index is 13.4. The number of carbonyl (C=O) groups is 1. The topological polar surface area (TPSA) is 91.8 Å². The van der Waals surface area contributed by atoms with Gasteiger partial charge in [0.1, 0.15) is 5.75 Å². The lowest BCUT2D eigenvalue weighted by Gasteiger charge is -2.31. The SMILES string of the molecule is C[C@H](CCS(=O)CC(=O)O)N(c1cc(Cl)ccc1Cl)S(=O)(=O)c1ccc(Cl)cc1. The number of sulfonamides is 1. The number of halogens is 3. The van der Waals surface area contributed by atoms with Gasteiger partial charge in [-0.1, -0.05) is 34.8 Å². The maximum Gasteiger partial charge on any atom is 0.316 e. The predicted octanol–water partition coefficient (Wildman–Crippen LogP) is 4.45. The van der Waals surface area contributed by atoms with Crippen molar-refractivity contribution in [3.63, 3.8) is 0 Å². The molecule has 0 aromatic heterocycles. The van der Waals surface area contributed by atoms with Crippen LogP contribution in [0, 0.1) is 0 Å². The van der Waals surface area contributed by atoms with Crippen LogP contribution in [0.5, 0.6) is 0 Å². The number of hydrogen-bond donors (Lipinski definition) is 1. The molecular formula is C18H18Cl3NO5S2. The van der Waals surface area contributed by atoms with Crippen molar-refractivity contribution in [2.45, 2.75) is 24.3 Å². The second kappa shape index (κ2) is 10.1. The monoisotopic (exact) mass is 497 g/mol. The van der Waals surface area contributed by atoms with Crippen LogP contribution in [0.3, 0.4) is 0 Å². The van der Waals surface area contributed by atoms with Gasteiger partial charge in [-0.25, -0.2) is 8.42 Å². The van der Waals surface area contributed by atoms with Crippen molar-refractivity contribution in [2.24, 2.45) is 0 Å². The zero-order valence-electron chi connectivity index (χ0n) is 15.2. The molecule has 2 atom stereocenters.